The lowest BCUT2D eigenvalue weighted by atomic mass is 9.87. The summed E-state index contributed by atoms with van der Waals surface area (Å²) in [6.07, 6.45) is 4.85. The maximum atomic E-state index is 12.8. The SMILES string of the molecule is CC(Oc1ccc(C(C)(C)C)cc1)C(=O)Nc1ccccc1C(=O)NC1CCCCC1. The predicted octanol–water partition coefficient (Wildman–Crippen LogP) is 5.45. The fourth-order valence-electron chi connectivity index (χ4n) is 3.83. The average molecular weight is 423 g/mol. The summed E-state index contributed by atoms with van der Waals surface area (Å²) in [5.41, 5.74) is 2.24. The van der Waals surface area contributed by atoms with Crippen molar-refractivity contribution in [3.05, 3.63) is 59.7 Å². The van der Waals surface area contributed by atoms with Gasteiger partial charge in [0.05, 0.1) is 11.3 Å². The normalized spacial score (nSPS) is 15.7. The van der Waals surface area contributed by atoms with Crippen LogP contribution in [0, 0.1) is 0 Å². The van der Waals surface area contributed by atoms with Gasteiger partial charge in [0.25, 0.3) is 11.8 Å². The van der Waals surface area contributed by atoms with Crippen LogP contribution in [0.5, 0.6) is 5.75 Å². The van der Waals surface area contributed by atoms with Gasteiger partial charge >= 0.3 is 0 Å². The van der Waals surface area contributed by atoms with Crippen molar-refractivity contribution in [2.75, 3.05) is 5.32 Å². The Morgan fingerprint density at radius 2 is 1.61 bits per heavy atom. The Bertz CT molecular complexity index is 894. The molecule has 0 aliphatic heterocycles. The first-order valence-corrected chi connectivity index (χ1v) is 11.2. The molecule has 31 heavy (non-hydrogen) atoms. The van der Waals surface area contributed by atoms with Crippen LogP contribution < -0.4 is 15.4 Å². The summed E-state index contributed by atoms with van der Waals surface area (Å²) in [5, 5.41) is 5.97. The van der Waals surface area contributed by atoms with Gasteiger partial charge in [0.1, 0.15) is 5.75 Å². The fourth-order valence-corrected chi connectivity index (χ4v) is 3.83. The van der Waals surface area contributed by atoms with Gasteiger partial charge in [-0.3, -0.25) is 9.59 Å². The van der Waals surface area contributed by atoms with E-state index in [2.05, 4.69) is 31.4 Å². The van der Waals surface area contributed by atoms with Crippen molar-refractivity contribution >= 4 is 17.5 Å². The predicted molar refractivity (Wildman–Crippen MR) is 125 cm³/mol. The number of amides is 2. The first-order valence-electron chi connectivity index (χ1n) is 11.2. The molecule has 1 aliphatic rings. The highest BCUT2D eigenvalue weighted by Gasteiger charge is 2.21. The van der Waals surface area contributed by atoms with Gasteiger partial charge in [0.2, 0.25) is 0 Å². The molecule has 1 aliphatic carbocycles. The van der Waals surface area contributed by atoms with Crippen molar-refractivity contribution in [3.8, 4) is 5.75 Å². The van der Waals surface area contributed by atoms with Crippen LogP contribution in [0.1, 0.15) is 75.7 Å². The van der Waals surface area contributed by atoms with Gasteiger partial charge in [-0.05, 0) is 55.0 Å². The number of hydrogen-bond acceptors (Lipinski definition) is 3. The highest BCUT2D eigenvalue weighted by molar-refractivity contribution is 6.04. The maximum Gasteiger partial charge on any atom is 0.265 e. The van der Waals surface area contributed by atoms with E-state index in [0.29, 0.717) is 17.0 Å². The Hall–Kier alpha value is -2.82. The van der Waals surface area contributed by atoms with Crippen molar-refractivity contribution in [2.24, 2.45) is 0 Å². The highest BCUT2D eigenvalue weighted by atomic mass is 16.5. The van der Waals surface area contributed by atoms with Gasteiger partial charge in [-0.2, -0.15) is 0 Å². The molecule has 0 saturated heterocycles. The molecule has 2 N–H and O–H groups in total. The zero-order chi connectivity index (χ0) is 22.4. The molecule has 5 heteroatoms. The molecule has 1 unspecified atom stereocenters. The molecule has 166 valence electrons. The second-order valence-corrected chi connectivity index (χ2v) is 9.38. The van der Waals surface area contributed by atoms with Crippen LogP contribution in [-0.2, 0) is 10.2 Å². The first kappa shape index (κ1) is 22.9. The average Bonchev–Trinajstić information content (AvgIpc) is 2.74. The molecule has 0 radical (unpaired) electrons. The van der Waals surface area contributed by atoms with Gasteiger partial charge in [0.15, 0.2) is 6.10 Å². The largest absolute Gasteiger partial charge is 0.481 e. The lowest BCUT2D eigenvalue weighted by Crippen LogP contribution is -2.37. The zero-order valence-electron chi connectivity index (χ0n) is 19.0. The molecule has 2 amide bonds. The Balaban J connectivity index is 1.62. The number of anilines is 1. The van der Waals surface area contributed by atoms with Crippen LogP contribution in [0.15, 0.2) is 48.5 Å². The Morgan fingerprint density at radius 3 is 2.26 bits per heavy atom. The molecule has 5 nitrogen and oxygen atoms in total. The van der Waals surface area contributed by atoms with Crippen molar-refractivity contribution in [2.45, 2.75) is 77.4 Å². The molecule has 2 aromatic carbocycles. The van der Waals surface area contributed by atoms with Crippen LogP contribution in [0.4, 0.5) is 5.69 Å². The minimum Gasteiger partial charge on any atom is -0.481 e. The van der Waals surface area contributed by atoms with Crippen LogP contribution in [0.3, 0.4) is 0 Å². The third-order valence-electron chi connectivity index (χ3n) is 5.77. The van der Waals surface area contributed by atoms with E-state index in [9.17, 15) is 9.59 Å². The van der Waals surface area contributed by atoms with E-state index in [1.807, 2.05) is 36.4 Å². The molecule has 1 saturated carbocycles. The molecule has 0 aromatic heterocycles. The minimum atomic E-state index is -0.699. The van der Waals surface area contributed by atoms with E-state index < -0.39 is 6.10 Å². The smallest absolute Gasteiger partial charge is 0.265 e. The second-order valence-electron chi connectivity index (χ2n) is 9.38. The summed E-state index contributed by atoms with van der Waals surface area (Å²) in [6.45, 7) is 8.17. The number of ether oxygens (including phenoxy) is 1. The molecule has 0 spiro atoms. The van der Waals surface area contributed by atoms with E-state index >= 15 is 0 Å². The lowest BCUT2D eigenvalue weighted by Gasteiger charge is -2.23. The molecule has 0 heterocycles. The molecule has 1 atom stereocenters. The Morgan fingerprint density at radius 1 is 0.968 bits per heavy atom. The molecule has 2 aromatic rings. The molecular weight excluding hydrogens is 388 g/mol. The monoisotopic (exact) mass is 422 g/mol. The molecule has 0 bridgehead atoms. The third kappa shape index (κ3) is 6.33. The number of carbonyl (C=O) groups excluding carboxylic acids is 2. The lowest BCUT2D eigenvalue weighted by molar-refractivity contribution is -0.122. The number of rotatable bonds is 6. The standard InChI is InChI=1S/C26H34N2O3/c1-18(31-21-16-14-19(15-17-21)26(2,3)4)24(29)28-23-13-9-8-12-22(23)25(30)27-20-10-6-5-7-11-20/h8-9,12-18,20H,5-7,10-11H2,1-4H3,(H,27,30)(H,28,29). The van der Waals surface area contributed by atoms with Crippen molar-refractivity contribution in [1.82, 2.24) is 5.32 Å². The summed E-state index contributed by atoms with van der Waals surface area (Å²) in [4.78, 5) is 25.5. The third-order valence-corrected chi connectivity index (χ3v) is 5.77. The number of para-hydroxylation sites is 1. The van der Waals surface area contributed by atoms with Crippen LogP contribution in [0.2, 0.25) is 0 Å². The Labute approximate surface area is 185 Å². The van der Waals surface area contributed by atoms with E-state index in [0.717, 1.165) is 25.7 Å². The quantitative estimate of drug-likeness (QED) is 0.650. The van der Waals surface area contributed by atoms with Gasteiger partial charge in [-0.25, -0.2) is 0 Å². The summed E-state index contributed by atoms with van der Waals surface area (Å²) in [5.74, 6) is 0.200. The fraction of sp³-hybridized carbons (Fsp3) is 0.462. The second kappa shape index (κ2) is 9.99. The zero-order valence-corrected chi connectivity index (χ0v) is 19.0. The number of benzene rings is 2. The summed E-state index contributed by atoms with van der Waals surface area (Å²) < 4.78 is 5.83. The van der Waals surface area contributed by atoms with E-state index in [4.69, 9.17) is 4.74 Å². The highest BCUT2D eigenvalue weighted by Crippen LogP contribution is 2.25. The van der Waals surface area contributed by atoms with Gasteiger partial charge in [-0.1, -0.05) is 64.3 Å². The van der Waals surface area contributed by atoms with Crippen LogP contribution in [0.25, 0.3) is 0 Å². The molecule has 1 fully saturated rings. The molecule has 3 rings (SSSR count). The number of carbonyl (C=O) groups is 2. The number of nitrogens with one attached hydrogen (secondary N) is 2. The Kier molecular flexibility index (Phi) is 7.37. The summed E-state index contributed by atoms with van der Waals surface area (Å²) in [7, 11) is 0. The van der Waals surface area contributed by atoms with Gasteiger partial charge in [0, 0.05) is 6.04 Å². The topological polar surface area (TPSA) is 67.4 Å². The van der Waals surface area contributed by atoms with E-state index in [1.54, 1.807) is 19.1 Å². The van der Waals surface area contributed by atoms with Crippen LogP contribution in [-0.4, -0.2) is 24.0 Å². The first-order chi connectivity index (χ1) is 14.7. The maximum absolute atomic E-state index is 12.8. The summed E-state index contributed by atoms with van der Waals surface area (Å²) in [6, 6.07) is 15.1. The minimum absolute atomic E-state index is 0.0590. The van der Waals surface area contributed by atoms with Crippen molar-refractivity contribution < 1.29 is 14.3 Å². The van der Waals surface area contributed by atoms with Crippen molar-refractivity contribution in [3.63, 3.8) is 0 Å². The van der Waals surface area contributed by atoms with Crippen molar-refractivity contribution in [1.29, 1.82) is 0 Å². The van der Waals surface area contributed by atoms with Gasteiger partial charge in [-0.15, -0.1) is 0 Å². The number of hydrogen-bond donors (Lipinski definition) is 2. The summed E-state index contributed by atoms with van der Waals surface area (Å²) >= 11 is 0. The van der Waals surface area contributed by atoms with E-state index in [1.165, 1.54) is 12.0 Å². The van der Waals surface area contributed by atoms with E-state index in [-0.39, 0.29) is 23.3 Å². The molecular formula is C26H34N2O3. The van der Waals surface area contributed by atoms with Gasteiger partial charge < -0.3 is 15.4 Å². The van der Waals surface area contributed by atoms with Crippen LogP contribution >= 0.6 is 0 Å².